The van der Waals surface area contributed by atoms with Crippen molar-refractivity contribution in [3.8, 4) is 0 Å². The highest BCUT2D eigenvalue weighted by Crippen LogP contribution is 2.21. The van der Waals surface area contributed by atoms with Gasteiger partial charge in [0.05, 0.1) is 6.61 Å². The summed E-state index contributed by atoms with van der Waals surface area (Å²) in [6, 6.07) is 2.19. The third kappa shape index (κ3) is 3.91. The second kappa shape index (κ2) is 6.70. The summed E-state index contributed by atoms with van der Waals surface area (Å²) in [6.45, 7) is 4.51. The molecule has 1 saturated heterocycles. The maximum absolute atomic E-state index is 5.89. The van der Waals surface area contributed by atoms with E-state index < -0.39 is 0 Å². The molecule has 1 aliphatic rings. The van der Waals surface area contributed by atoms with E-state index in [1.165, 1.54) is 5.56 Å². The molecule has 21 heavy (non-hydrogen) atoms. The van der Waals surface area contributed by atoms with Crippen molar-refractivity contribution < 1.29 is 4.74 Å². The molecule has 5 nitrogen and oxygen atoms in total. The summed E-state index contributed by atoms with van der Waals surface area (Å²) in [4.78, 5) is 12.4. The van der Waals surface area contributed by atoms with Crippen molar-refractivity contribution in [1.82, 2.24) is 19.8 Å². The predicted molar refractivity (Wildman–Crippen MR) is 84.3 cm³/mol. The van der Waals surface area contributed by atoms with Gasteiger partial charge in [0.2, 0.25) is 0 Å². The number of hydrogen-bond acceptors (Lipinski definition) is 5. The van der Waals surface area contributed by atoms with Gasteiger partial charge in [0, 0.05) is 38.1 Å². The molecule has 0 spiro atoms. The van der Waals surface area contributed by atoms with Crippen LogP contribution in [0.3, 0.4) is 0 Å². The number of aromatic nitrogens is 2. The number of rotatable bonds is 5. The van der Waals surface area contributed by atoms with Crippen LogP contribution in [0.25, 0.3) is 0 Å². The molecule has 0 amide bonds. The Hall–Kier alpha value is -1.21. The smallest absolute Gasteiger partial charge is 0.136 e. The van der Waals surface area contributed by atoms with Crippen LogP contribution in [0.2, 0.25) is 0 Å². The lowest BCUT2D eigenvalue weighted by atomic mass is 10.2. The lowest BCUT2D eigenvalue weighted by Crippen LogP contribution is -2.38. The van der Waals surface area contributed by atoms with Gasteiger partial charge >= 0.3 is 0 Å². The third-order valence-electron chi connectivity index (χ3n) is 3.58. The maximum atomic E-state index is 5.89. The third-order valence-corrected chi connectivity index (χ3v) is 4.31. The van der Waals surface area contributed by atoms with E-state index in [1.54, 1.807) is 11.3 Å². The average molecular weight is 306 g/mol. The van der Waals surface area contributed by atoms with Crippen LogP contribution in [-0.2, 0) is 17.8 Å². The van der Waals surface area contributed by atoms with Crippen molar-refractivity contribution in [2.45, 2.75) is 19.2 Å². The number of thiophene rings is 1. The van der Waals surface area contributed by atoms with E-state index in [0.29, 0.717) is 0 Å². The van der Waals surface area contributed by atoms with Gasteiger partial charge in [-0.25, -0.2) is 4.98 Å². The molecule has 0 aromatic carbocycles. The van der Waals surface area contributed by atoms with E-state index >= 15 is 0 Å². The lowest BCUT2D eigenvalue weighted by molar-refractivity contribution is -0.0368. The van der Waals surface area contributed by atoms with Crippen LogP contribution in [-0.4, -0.2) is 53.6 Å². The summed E-state index contributed by atoms with van der Waals surface area (Å²) in [6.07, 6.45) is 1.96. The Morgan fingerprint density at radius 2 is 2.43 bits per heavy atom. The van der Waals surface area contributed by atoms with Gasteiger partial charge in [-0.3, -0.25) is 4.90 Å². The number of imidazole rings is 1. The molecule has 114 valence electrons. The molecule has 3 rings (SSSR count). The molecule has 2 aromatic rings. The predicted octanol–water partition coefficient (Wildman–Crippen LogP) is 2.11. The van der Waals surface area contributed by atoms with Crippen molar-refractivity contribution >= 4 is 11.3 Å². The largest absolute Gasteiger partial charge is 0.368 e. The van der Waals surface area contributed by atoms with Gasteiger partial charge in [0.25, 0.3) is 0 Å². The molecule has 0 saturated carbocycles. The Morgan fingerprint density at radius 1 is 1.52 bits per heavy atom. The van der Waals surface area contributed by atoms with Gasteiger partial charge in [-0.2, -0.15) is 11.3 Å². The fraction of sp³-hybridized carbons (Fsp3) is 0.533. The summed E-state index contributed by atoms with van der Waals surface area (Å²) < 4.78 is 5.89. The minimum Gasteiger partial charge on any atom is -0.368 e. The molecule has 0 aliphatic carbocycles. The highest BCUT2D eigenvalue weighted by atomic mass is 32.1. The number of nitrogens with zero attached hydrogens (tertiary/aromatic N) is 3. The van der Waals surface area contributed by atoms with E-state index in [0.717, 1.165) is 44.3 Å². The fourth-order valence-corrected chi connectivity index (χ4v) is 3.27. The minimum atomic E-state index is 0.0493. The highest BCUT2D eigenvalue weighted by molar-refractivity contribution is 7.07. The molecule has 6 heteroatoms. The molecule has 1 unspecified atom stereocenters. The van der Waals surface area contributed by atoms with Crippen molar-refractivity contribution in [3.05, 3.63) is 40.1 Å². The van der Waals surface area contributed by atoms with Crippen molar-refractivity contribution in [2.24, 2.45) is 0 Å². The van der Waals surface area contributed by atoms with E-state index in [1.807, 2.05) is 6.20 Å². The topological polar surface area (TPSA) is 44.4 Å². The first-order valence-electron chi connectivity index (χ1n) is 7.24. The van der Waals surface area contributed by atoms with Crippen LogP contribution in [0.5, 0.6) is 0 Å². The van der Waals surface area contributed by atoms with E-state index in [2.05, 4.69) is 50.7 Å². The molecule has 1 atom stereocenters. The van der Waals surface area contributed by atoms with E-state index in [-0.39, 0.29) is 6.10 Å². The zero-order valence-electron chi connectivity index (χ0n) is 12.6. The van der Waals surface area contributed by atoms with Gasteiger partial charge in [-0.15, -0.1) is 0 Å². The van der Waals surface area contributed by atoms with Gasteiger partial charge in [-0.1, -0.05) is 0 Å². The Morgan fingerprint density at radius 3 is 3.19 bits per heavy atom. The van der Waals surface area contributed by atoms with Gasteiger partial charge in [0.15, 0.2) is 0 Å². The standard InChI is InChI=1S/C15H22N4OS/c1-18(2)9-13-7-16-15(17-13)14-10-19(4-5-20-14)8-12-3-6-21-11-12/h3,6-7,11,14H,4-5,8-10H2,1-2H3,(H,16,17). The Labute approximate surface area is 129 Å². The number of morpholine rings is 1. The van der Waals surface area contributed by atoms with E-state index in [9.17, 15) is 0 Å². The summed E-state index contributed by atoms with van der Waals surface area (Å²) in [5.74, 6) is 0.946. The first-order chi connectivity index (χ1) is 10.2. The van der Waals surface area contributed by atoms with Gasteiger partial charge in [0.1, 0.15) is 11.9 Å². The van der Waals surface area contributed by atoms with Gasteiger partial charge in [-0.05, 0) is 36.5 Å². The van der Waals surface area contributed by atoms with Crippen LogP contribution >= 0.6 is 11.3 Å². The first kappa shape index (κ1) is 14.7. The highest BCUT2D eigenvalue weighted by Gasteiger charge is 2.24. The number of ether oxygens (including phenoxy) is 1. The maximum Gasteiger partial charge on any atom is 0.136 e. The number of H-pyrrole nitrogens is 1. The molecule has 3 heterocycles. The summed E-state index contributed by atoms with van der Waals surface area (Å²) in [5.41, 5.74) is 2.52. The summed E-state index contributed by atoms with van der Waals surface area (Å²) in [7, 11) is 4.11. The van der Waals surface area contributed by atoms with Crippen LogP contribution in [0, 0.1) is 0 Å². The van der Waals surface area contributed by atoms with Crippen molar-refractivity contribution in [1.29, 1.82) is 0 Å². The Kier molecular flexibility index (Phi) is 4.70. The lowest BCUT2D eigenvalue weighted by Gasteiger charge is -2.31. The number of aromatic amines is 1. The first-order valence-corrected chi connectivity index (χ1v) is 8.18. The molecular formula is C15H22N4OS. The molecule has 1 fully saturated rings. The zero-order chi connectivity index (χ0) is 14.7. The second-order valence-electron chi connectivity index (χ2n) is 5.76. The van der Waals surface area contributed by atoms with Crippen LogP contribution in [0.1, 0.15) is 23.2 Å². The van der Waals surface area contributed by atoms with E-state index in [4.69, 9.17) is 4.74 Å². The SMILES string of the molecule is CN(C)Cc1cnc(C2CN(Cc3ccsc3)CCO2)[nH]1. The number of nitrogens with one attached hydrogen (secondary N) is 1. The molecule has 0 bridgehead atoms. The molecule has 1 N–H and O–H groups in total. The molecule has 1 aliphatic heterocycles. The fourth-order valence-electron chi connectivity index (χ4n) is 2.61. The van der Waals surface area contributed by atoms with Crippen molar-refractivity contribution in [3.63, 3.8) is 0 Å². The second-order valence-corrected chi connectivity index (χ2v) is 6.54. The van der Waals surface area contributed by atoms with Crippen LogP contribution in [0.15, 0.2) is 23.0 Å². The zero-order valence-corrected chi connectivity index (χ0v) is 13.4. The van der Waals surface area contributed by atoms with Crippen LogP contribution < -0.4 is 0 Å². The minimum absolute atomic E-state index is 0.0493. The van der Waals surface area contributed by atoms with Crippen LogP contribution in [0.4, 0.5) is 0 Å². The number of hydrogen-bond donors (Lipinski definition) is 1. The Bertz CT molecular complexity index is 552. The Balaban J connectivity index is 1.61. The average Bonchev–Trinajstić information content (AvgIpc) is 3.10. The van der Waals surface area contributed by atoms with Crippen molar-refractivity contribution in [2.75, 3.05) is 33.8 Å². The monoisotopic (exact) mass is 306 g/mol. The summed E-state index contributed by atoms with van der Waals surface area (Å²) >= 11 is 1.75. The molecule has 2 aromatic heterocycles. The normalized spacial score (nSPS) is 20.2. The quantitative estimate of drug-likeness (QED) is 0.919. The van der Waals surface area contributed by atoms with Gasteiger partial charge < -0.3 is 14.6 Å². The summed E-state index contributed by atoms with van der Waals surface area (Å²) in [5, 5.41) is 4.35. The molecule has 0 radical (unpaired) electrons. The molecular weight excluding hydrogens is 284 g/mol.